The molecule has 34 heavy (non-hydrogen) atoms. The Kier molecular flexibility index (Phi) is 5.06. The van der Waals surface area contributed by atoms with Gasteiger partial charge in [0.15, 0.2) is 5.78 Å². The summed E-state index contributed by atoms with van der Waals surface area (Å²) in [6, 6.07) is 0. The van der Waals surface area contributed by atoms with Gasteiger partial charge in [-0.1, -0.05) is 61.0 Å². The third-order valence-electron chi connectivity index (χ3n) is 13.6. The van der Waals surface area contributed by atoms with Gasteiger partial charge in [-0.25, -0.2) is 0 Å². The van der Waals surface area contributed by atoms with E-state index in [1.165, 1.54) is 31.3 Å². The number of nitrogens with two attached hydrogens (primary N) is 1. The number of amides is 1. The number of ketones is 1. The summed E-state index contributed by atoms with van der Waals surface area (Å²) in [5, 5.41) is 0. The minimum atomic E-state index is -0.463. The van der Waals surface area contributed by atoms with Crippen molar-refractivity contribution in [2.75, 3.05) is 0 Å². The fourth-order valence-electron chi connectivity index (χ4n) is 10.7. The number of carbonyl (C=O) groups excluding carboxylic acids is 2. The lowest BCUT2D eigenvalue weighted by atomic mass is 9.32. The molecule has 3 heteroatoms. The second kappa shape index (κ2) is 7.00. The molecule has 0 heterocycles. The zero-order valence-corrected chi connectivity index (χ0v) is 23.1. The van der Waals surface area contributed by atoms with Gasteiger partial charge in [0, 0.05) is 11.3 Å². The van der Waals surface area contributed by atoms with Gasteiger partial charge in [0.05, 0.1) is 0 Å². The molecule has 190 valence electrons. The zero-order valence-electron chi connectivity index (χ0n) is 23.1. The van der Waals surface area contributed by atoms with Crippen molar-refractivity contribution in [2.24, 2.45) is 61.9 Å². The Balaban J connectivity index is 1.65. The average Bonchev–Trinajstić information content (AvgIpc) is 2.74. The van der Waals surface area contributed by atoms with Crippen molar-refractivity contribution in [3.05, 3.63) is 11.6 Å². The van der Waals surface area contributed by atoms with E-state index >= 15 is 0 Å². The molecule has 9 atom stereocenters. The monoisotopic (exact) mass is 467 g/mol. The first-order valence-electron chi connectivity index (χ1n) is 14.1. The minimum absolute atomic E-state index is 0.0148. The molecule has 4 saturated carbocycles. The first kappa shape index (κ1) is 24.6. The molecule has 0 saturated heterocycles. The normalized spacial score (nSPS) is 54.1. The maximum atomic E-state index is 14.4. The summed E-state index contributed by atoms with van der Waals surface area (Å²) < 4.78 is 0. The maximum absolute atomic E-state index is 14.4. The first-order valence-corrected chi connectivity index (χ1v) is 14.1. The standard InChI is InChI=1S/C31H49NO2/c1-19-9-11-26(2,3)23-10-12-30(7)24(31(19,23)8)22(33)17-20-21-18-28(5,25(32)34)14-13-27(21,4)15-16-29(20,30)6/h17,19,21,23-24H,9-16,18H2,1-8H3,(H2,32,34)/t19?,21-,23-,24-,27+,28+,29+,30+,31-/m0/s1. The van der Waals surface area contributed by atoms with Crippen LogP contribution in [0.1, 0.15) is 113 Å². The van der Waals surface area contributed by atoms with E-state index in [0.717, 1.165) is 32.1 Å². The van der Waals surface area contributed by atoms with Crippen molar-refractivity contribution in [1.82, 2.24) is 0 Å². The fourth-order valence-corrected chi connectivity index (χ4v) is 10.7. The number of fused-ring (bicyclic) bond motifs is 7. The van der Waals surface area contributed by atoms with Crippen LogP contribution >= 0.6 is 0 Å². The Morgan fingerprint density at radius 3 is 2.21 bits per heavy atom. The van der Waals surface area contributed by atoms with Crippen LogP contribution in [0, 0.1) is 56.2 Å². The fraction of sp³-hybridized carbons (Fsp3) is 0.871. The molecule has 5 aliphatic rings. The van der Waals surface area contributed by atoms with Crippen LogP contribution in [0.25, 0.3) is 0 Å². The number of rotatable bonds is 1. The van der Waals surface area contributed by atoms with Crippen LogP contribution in [0.4, 0.5) is 0 Å². The molecule has 0 aromatic heterocycles. The number of carbonyl (C=O) groups is 2. The summed E-state index contributed by atoms with van der Waals surface area (Å²) >= 11 is 0. The second-order valence-corrected chi connectivity index (χ2v) is 15.4. The van der Waals surface area contributed by atoms with Gasteiger partial charge in [-0.2, -0.15) is 0 Å². The molecule has 0 radical (unpaired) electrons. The topological polar surface area (TPSA) is 60.2 Å². The van der Waals surface area contributed by atoms with Gasteiger partial charge in [0.1, 0.15) is 0 Å². The van der Waals surface area contributed by atoms with Crippen molar-refractivity contribution in [3.8, 4) is 0 Å². The van der Waals surface area contributed by atoms with E-state index < -0.39 is 5.41 Å². The molecule has 1 unspecified atom stereocenters. The predicted octanol–water partition coefficient (Wildman–Crippen LogP) is 7.09. The van der Waals surface area contributed by atoms with Gasteiger partial charge in [0.2, 0.25) is 5.91 Å². The van der Waals surface area contributed by atoms with Crippen LogP contribution in [-0.4, -0.2) is 11.7 Å². The Morgan fingerprint density at radius 1 is 0.912 bits per heavy atom. The highest BCUT2D eigenvalue weighted by Crippen LogP contribution is 2.75. The molecule has 5 rings (SSSR count). The zero-order chi connectivity index (χ0) is 25.1. The lowest BCUT2D eigenvalue weighted by molar-refractivity contribution is -0.199. The molecule has 1 amide bonds. The number of primary amides is 1. The van der Waals surface area contributed by atoms with Crippen LogP contribution in [-0.2, 0) is 9.59 Å². The summed E-state index contributed by atoms with van der Waals surface area (Å²) in [5.41, 5.74) is 7.35. The molecule has 0 aliphatic heterocycles. The average molecular weight is 468 g/mol. The van der Waals surface area contributed by atoms with Gasteiger partial charge in [-0.3, -0.25) is 9.59 Å². The first-order chi connectivity index (χ1) is 15.6. The van der Waals surface area contributed by atoms with Crippen LogP contribution < -0.4 is 5.73 Å². The third-order valence-corrected chi connectivity index (χ3v) is 13.6. The van der Waals surface area contributed by atoms with Crippen LogP contribution in [0.2, 0.25) is 0 Å². The lowest BCUT2D eigenvalue weighted by Crippen LogP contribution is -2.66. The largest absolute Gasteiger partial charge is 0.369 e. The highest BCUT2D eigenvalue weighted by molar-refractivity contribution is 5.95. The van der Waals surface area contributed by atoms with Crippen LogP contribution in [0.3, 0.4) is 0 Å². The third kappa shape index (κ3) is 2.82. The van der Waals surface area contributed by atoms with Crippen molar-refractivity contribution in [2.45, 2.75) is 113 Å². The maximum Gasteiger partial charge on any atom is 0.223 e. The van der Waals surface area contributed by atoms with Crippen molar-refractivity contribution >= 4 is 11.7 Å². The summed E-state index contributed by atoms with van der Waals surface area (Å²) in [6.45, 7) is 19.3. The highest BCUT2D eigenvalue weighted by Gasteiger charge is 2.70. The summed E-state index contributed by atoms with van der Waals surface area (Å²) in [6.07, 6.45) is 12.1. The van der Waals surface area contributed by atoms with Crippen molar-refractivity contribution in [3.63, 3.8) is 0 Å². The predicted molar refractivity (Wildman–Crippen MR) is 138 cm³/mol. The Morgan fingerprint density at radius 2 is 1.56 bits per heavy atom. The minimum Gasteiger partial charge on any atom is -0.369 e. The van der Waals surface area contributed by atoms with Gasteiger partial charge >= 0.3 is 0 Å². The molecule has 0 bridgehead atoms. The van der Waals surface area contributed by atoms with E-state index in [1.54, 1.807) is 0 Å². The molecule has 4 fully saturated rings. The van der Waals surface area contributed by atoms with E-state index in [1.807, 2.05) is 0 Å². The summed E-state index contributed by atoms with van der Waals surface area (Å²) in [5.74, 6) is 1.77. The Bertz CT molecular complexity index is 964. The van der Waals surface area contributed by atoms with E-state index in [9.17, 15) is 9.59 Å². The SMILES string of the molecule is CC1CCC(C)(C)[C@@H]2CC[C@]3(C)[C@H](C(=O)C=C4[C@@H]5C[C@](C)(C(N)=O)CC[C@]5(C)CC[C@]43C)[C@@]12C. The molecule has 0 aromatic carbocycles. The number of allylic oxidation sites excluding steroid dienone is 2. The van der Waals surface area contributed by atoms with Gasteiger partial charge < -0.3 is 5.73 Å². The summed E-state index contributed by atoms with van der Waals surface area (Å²) in [4.78, 5) is 26.8. The lowest BCUT2D eigenvalue weighted by Gasteiger charge is -2.71. The van der Waals surface area contributed by atoms with Crippen LogP contribution in [0.5, 0.6) is 0 Å². The smallest absolute Gasteiger partial charge is 0.223 e. The Hall–Kier alpha value is -1.12. The van der Waals surface area contributed by atoms with Crippen molar-refractivity contribution in [1.29, 1.82) is 0 Å². The number of hydrogen-bond donors (Lipinski definition) is 1. The van der Waals surface area contributed by atoms with E-state index in [0.29, 0.717) is 23.0 Å². The summed E-state index contributed by atoms with van der Waals surface area (Å²) in [7, 11) is 0. The molecule has 0 aromatic rings. The highest BCUT2D eigenvalue weighted by atomic mass is 16.1. The molecule has 5 aliphatic carbocycles. The molecular formula is C31H49NO2. The van der Waals surface area contributed by atoms with E-state index in [-0.39, 0.29) is 39.4 Å². The molecular weight excluding hydrogens is 418 g/mol. The molecule has 0 spiro atoms. The van der Waals surface area contributed by atoms with E-state index in [2.05, 4.69) is 61.5 Å². The Labute approximate surface area is 208 Å². The molecule has 2 N–H and O–H groups in total. The molecule has 3 nitrogen and oxygen atoms in total. The quantitative estimate of drug-likeness (QED) is 0.447. The van der Waals surface area contributed by atoms with Crippen LogP contribution in [0.15, 0.2) is 11.6 Å². The van der Waals surface area contributed by atoms with Crippen molar-refractivity contribution < 1.29 is 9.59 Å². The van der Waals surface area contributed by atoms with Gasteiger partial charge in [-0.05, 0) is 109 Å². The van der Waals surface area contributed by atoms with Gasteiger partial charge in [0.25, 0.3) is 0 Å². The number of hydrogen-bond acceptors (Lipinski definition) is 2. The van der Waals surface area contributed by atoms with Gasteiger partial charge in [-0.15, -0.1) is 0 Å². The van der Waals surface area contributed by atoms with E-state index in [4.69, 9.17) is 5.73 Å². The second-order valence-electron chi connectivity index (χ2n) is 15.4.